The highest BCUT2D eigenvalue weighted by Gasteiger charge is 2.29. The van der Waals surface area contributed by atoms with Crippen LogP contribution in [0.3, 0.4) is 0 Å². The Morgan fingerprint density at radius 3 is 2.33 bits per heavy atom. The summed E-state index contributed by atoms with van der Waals surface area (Å²) in [5, 5.41) is 4.08. The quantitative estimate of drug-likeness (QED) is 0.330. The molecule has 1 atom stereocenters. The summed E-state index contributed by atoms with van der Waals surface area (Å²) in [6.07, 6.45) is 5.34. The maximum atomic E-state index is 13.5. The Bertz CT molecular complexity index is 1290. The Morgan fingerprint density at radius 2 is 1.74 bits per heavy atom. The molecule has 8 nitrogen and oxygen atoms in total. The summed E-state index contributed by atoms with van der Waals surface area (Å²) in [6.45, 7) is 1.90. The second kappa shape index (κ2) is 13.9. The van der Waals surface area contributed by atoms with E-state index in [2.05, 4.69) is 5.32 Å². The minimum atomic E-state index is -3.66. The van der Waals surface area contributed by atoms with Crippen molar-refractivity contribution in [3.63, 3.8) is 0 Å². The molecule has 0 bridgehead atoms. The van der Waals surface area contributed by atoms with Crippen molar-refractivity contribution >= 4 is 62.3 Å². The molecule has 1 N–H and O–H groups in total. The summed E-state index contributed by atoms with van der Waals surface area (Å²) in [4.78, 5) is 28.0. The number of halogens is 3. The highest BCUT2D eigenvalue weighted by Crippen LogP contribution is 2.30. The van der Waals surface area contributed by atoms with Gasteiger partial charge in [-0.05, 0) is 62.1 Å². The lowest BCUT2D eigenvalue weighted by molar-refractivity contribution is -0.141. The van der Waals surface area contributed by atoms with Crippen LogP contribution >= 0.6 is 34.8 Å². The van der Waals surface area contributed by atoms with E-state index in [0.29, 0.717) is 21.5 Å². The number of nitrogens with one attached hydrogen (secondary N) is 1. The highest BCUT2D eigenvalue weighted by atomic mass is 35.5. The summed E-state index contributed by atoms with van der Waals surface area (Å²) in [5.41, 5.74) is 1.09. The maximum absolute atomic E-state index is 13.5. The topological polar surface area (TPSA) is 96.0 Å². The van der Waals surface area contributed by atoms with Crippen molar-refractivity contribution < 1.29 is 22.7 Å². The Morgan fingerprint density at radius 1 is 1.05 bits per heavy atom. The summed E-state index contributed by atoms with van der Waals surface area (Å²) < 4.78 is 31.5. The van der Waals surface area contributed by atoms with Gasteiger partial charge in [0.2, 0.25) is 21.8 Å². The number of carbonyl (C=O) groups excluding carboxylic acids is 2. The summed E-state index contributed by atoms with van der Waals surface area (Å²) >= 11 is 18.5. The highest BCUT2D eigenvalue weighted by molar-refractivity contribution is 7.92. The van der Waals surface area contributed by atoms with E-state index in [9.17, 15) is 18.0 Å². The smallest absolute Gasteiger partial charge is 0.242 e. The van der Waals surface area contributed by atoms with Crippen molar-refractivity contribution in [1.29, 1.82) is 0 Å². The molecule has 0 radical (unpaired) electrons. The molecule has 2 amide bonds. The zero-order valence-electron chi connectivity index (χ0n) is 22.3. The van der Waals surface area contributed by atoms with E-state index in [0.717, 1.165) is 37.5 Å². The fourth-order valence-electron chi connectivity index (χ4n) is 4.62. The first-order valence-corrected chi connectivity index (χ1v) is 15.7. The lowest BCUT2D eigenvalue weighted by atomic mass is 10.1. The molecule has 0 spiro atoms. The molecule has 1 aliphatic carbocycles. The van der Waals surface area contributed by atoms with E-state index < -0.39 is 16.1 Å². The molecule has 39 heavy (non-hydrogen) atoms. The zero-order chi connectivity index (χ0) is 28.7. The fraction of sp³-hybridized carbons (Fsp3) is 0.481. The van der Waals surface area contributed by atoms with Crippen LogP contribution < -0.4 is 14.4 Å². The van der Waals surface area contributed by atoms with Crippen molar-refractivity contribution in [2.45, 2.75) is 64.1 Å². The Kier molecular flexibility index (Phi) is 11.2. The van der Waals surface area contributed by atoms with Gasteiger partial charge in [0.15, 0.2) is 0 Å². The first kappa shape index (κ1) is 31.3. The van der Waals surface area contributed by atoms with E-state index in [1.54, 1.807) is 37.3 Å². The average molecular weight is 619 g/mol. The molecule has 0 aliphatic heterocycles. The molecule has 1 unspecified atom stereocenters. The van der Waals surface area contributed by atoms with E-state index >= 15 is 0 Å². The van der Waals surface area contributed by atoms with Gasteiger partial charge in [-0.15, -0.1) is 0 Å². The summed E-state index contributed by atoms with van der Waals surface area (Å²) in [6, 6.07) is 9.15. The number of ether oxygens (including phenoxy) is 1. The van der Waals surface area contributed by atoms with Gasteiger partial charge in [-0.3, -0.25) is 13.9 Å². The molecule has 2 aromatic rings. The largest absolute Gasteiger partial charge is 0.495 e. The lowest BCUT2D eigenvalue weighted by Crippen LogP contribution is -2.49. The Hall–Kier alpha value is -2.20. The monoisotopic (exact) mass is 617 g/mol. The van der Waals surface area contributed by atoms with E-state index in [-0.39, 0.29) is 48.8 Å². The predicted octanol–water partition coefficient (Wildman–Crippen LogP) is 5.68. The molecule has 0 saturated heterocycles. The lowest BCUT2D eigenvalue weighted by Gasteiger charge is -2.30. The van der Waals surface area contributed by atoms with Crippen LogP contribution in [0.2, 0.25) is 15.1 Å². The van der Waals surface area contributed by atoms with Gasteiger partial charge in [-0.2, -0.15) is 0 Å². The van der Waals surface area contributed by atoms with Crippen molar-refractivity contribution in [2.24, 2.45) is 0 Å². The van der Waals surface area contributed by atoms with Crippen molar-refractivity contribution in [3.05, 3.63) is 57.0 Å². The first-order valence-electron chi connectivity index (χ1n) is 12.8. The third-order valence-corrected chi connectivity index (χ3v) is 9.01. The molecular weight excluding hydrogens is 585 g/mol. The van der Waals surface area contributed by atoms with Crippen molar-refractivity contribution in [2.75, 3.05) is 24.2 Å². The Balaban J connectivity index is 1.75. The molecule has 1 aliphatic rings. The molecule has 0 aromatic heterocycles. The minimum absolute atomic E-state index is 0.0261. The molecule has 2 aromatic carbocycles. The maximum Gasteiger partial charge on any atom is 0.242 e. The standard InChI is InChI=1S/C27H34Cl3N3O5S/c1-18(27(35)31-20-7-4-5-8-20)32(17-19-10-12-22(28)23(29)15-19)26(34)9-6-14-33(39(3,36)37)21-11-13-25(38-2)24(30)16-21/h10-13,15-16,18,20H,4-9,14,17H2,1-3H3,(H,31,35). The van der Waals surface area contributed by atoms with Gasteiger partial charge in [-0.1, -0.05) is 53.7 Å². The van der Waals surface area contributed by atoms with Crippen LogP contribution in [0.4, 0.5) is 5.69 Å². The SMILES string of the molecule is COc1ccc(N(CCCC(=O)N(Cc2ccc(Cl)c(Cl)c2)C(C)C(=O)NC2CCCC2)S(C)(=O)=O)cc1Cl. The first-order chi connectivity index (χ1) is 18.4. The van der Waals surface area contributed by atoms with Crippen molar-refractivity contribution in [3.8, 4) is 5.75 Å². The second-order valence-electron chi connectivity index (χ2n) is 9.69. The van der Waals surface area contributed by atoms with Gasteiger partial charge in [0.25, 0.3) is 0 Å². The summed E-state index contributed by atoms with van der Waals surface area (Å²) in [7, 11) is -2.18. The predicted molar refractivity (Wildman–Crippen MR) is 156 cm³/mol. The number of benzene rings is 2. The van der Waals surface area contributed by atoms with Crippen LogP contribution in [0.5, 0.6) is 5.75 Å². The van der Waals surface area contributed by atoms with E-state index in [1.807, 2.05) is 0 Å². The molecule has 214 valence electrons. The molecular formula is C27H34Cl3N3O5S. The number of anilines is 1. The molecule has 12 heteroatoms. The normalized spacial score (nSPS) is 14.6. The van der Waals surface area contributed by atoms with Crippen LogP contribution in [0.15, 0.2) is 36.4 Å². The zero-order valence-corrected chi connectivity index (χ0v) is 25.3. The van der Waals surface area contributed by atoms with Gasteiger partial charge in [0.1, 0.15) is 11.8 Å². The second-order valence-corrected chi connectivity index (χ2v) is 12.8. The third-order valence-electron chi connectivity index (χ3n) is 6.78. The van der Waals surface area contributed by atoms with E-state index in [1.165, 1.54) is 22.4 Å². The van der Waals surface area contributed by atoms with Gasteiger partial charge >= 0.3 is 0 Å². The average Bonchev–Trinajstić information content (AvgIpc) is 3.39. The van der Waals surface area contributed by atoms with Crippen LogP contribution in [0, 0.1) is 0 Å². The number of sulfonamides is 1. The van der Waals surface area contributed by atoms with Crippen molar-refractivity contribution in [1.82, 2.24) is 10.2 Å². The number of amides is 2. The number of rotatable bonds is 12. The fourth-order valence-corrected chi connectivity index (χ4v) is 6.15. The minimum Gasteiger partial charge on any atom is -0.495 e. The summed E-state index contributed by atoms with van der Waals surface area (Å²) in [5.74, 6) is -0.0795. The molecule has 1 saturated carbocycles. The van der Waals surface area contributed by atoms with Crippen LogP contribution in [-0.2, 0) is 26.2 Å². The Labute approximate surface area is 245 Å². The molecule has 1 fully saturated rings. The van der Waals surface area contributed by atoms with Crippen LogP contribution in [0.25, 0.3) is 0 Å². The molecule has 0 heterocycles. The van der Waals surface area contributed by atoms with Gasteiger partial charge < -0.3 is 15.0 Å². The number of hydrogen-bond acceptors (Lipinski definition) is 5. The van der Waals surface area contributed by atoms with Crippen LogP contribution in [-0.4, -0.2) is 57.1 Å². The number of nitrogens with zero attached hydrogens (tertiary/aromatic N) is 2. The van der Waals surface area contributed by atoms with E-state index in [4.69, 9.17) is 39.5 Å². The number of carbonyl (C=O) groups is 2. The molecule has 3 rings (SSSR count). The van der Waals surface area contributed by atoms with Gasteiger partial charge in [0.05, 0.1) is 34.1 Å². The number of hydrogen-bond donors (Lipinski definition) is 1. The van der Waals surface area contributed by atoms with Crippen LogP contribution in [0.1, 0.15) is 51.0 Å². The third kappa shape index (κ3) is 8.64. The van der Waals surface area contributed by atoms with Gasteiger partial charge in [0, 0.05) is 25.6 Å². The van der Waals surface area contributed by atoms with Gasteiger partial charge in [-0.25, -0.2) is 8.42 Å². The number of methoxy groups -OCH3 is 1.